The predicted octanol–water partition coefficient (Wildman–Crippen LogP) is 6.14. The third-order valence-electron chi connectivity index (χ3n) is 4.15. The smallest absolute Gasteiger partial charge is 0.253 e. The van der Waals surface area contributed by atoms with Crippen molar-refractivity contribution < 1.29 is 9.09 Å². The summed E-state index contributed by atoms with van der Waals surface area (Å²) in [6, 6.07) is 18.3. The SMILES string of the molecule is CCO[P@]1(=O)C=C(C)N(Cc2ccccc2)[C@@H]1c1ccc(Br)cc1. The molecule has 0 unspecified atom stereocenters. The van der Waals surface area contributed by atoms with Crippen LogP contribution in [0.3, 0.4) is 0 Å². The van der Waals surface area contributed by atoms with Gasteiger partial charge in [0.15, 0.2) is 0 Å². The van der Waals surface area contributed by atoms with E-state index in [4.69, 9.17) is 4.52 Å². The van der Waals surface area contributed by atoms with E-state index in [-0.39, 0.29) is 5.78 Å². The molecule has 2 aromatic carbocycles. The lowest BCUT2D eigenvalue weighted by Gasteiger charge is -2.31. The minimum atomic E-state index is -2.92. The third kappa shape index (κ3) is 3.51. The van der Waals surface area contributed by atoms with E-state index in [0.717, 1.165) is 15.7 Å². The Bertz CT molecular complexity index is 774. The second-order valence-electron chi connectivity index (χ2n) is 5.87. The van der Waals surface area contributed by atoms with Crippen LogP contribution in [-0.2, 0) is 15.6 Å². The molecule has 2 aromatic rings. The van der Waals surface area contributed by atoms with Crippen LogP contribution in [0.5, 0.6) is 0 Å². The fourth-order valence-electron chi connectivity index (χ4n) is 3.12. The number of rotatable bonds is 5. The lowest BCUT2D eigenvalue weighted by molar-refractivity contribution is 0.276. The van der Waals surface area contributed by atoms with Gasteiger partial charge in [0.05, 0.1) is 6.61 Å². The monoisotopic (exact) mass is 405 g/mol. The summed E-state index contributed by atoms with van der Waals surface area (Å²) in [5.41, 5.74) is 3.21. The van der Waals surface area contributed by atoms with Crippen LogP contribution < -0.4 is 0 Å². The van der Waals surface area contributed by atoms with Crippen molar-refractivity contribution in [2.45, 2.75) is 26.2 Å². The molecule has 5 heteroatoms. The third-order valence-corrected chi connectivity index (χ3v) is 7.33. The van der Waals surface area contributed by atoms with Crippen LogP contribution >= 0.6 is 23.3 Å². The average Bonchev–Trinajstić information content (AvgIpc) is 2.80. The summed E-state index contributed by atoms with van der Waals surface area (Å²) in [7, 11) is -2.92. The molecular formula is C19H21BrNO2P. The first-order valence-corrected chi connectivity index (χ1v) is 10.6. The van der Waals surface area contributed by atoms with Crippen molar-refractivity contribution in [1.82, 2.24) is 4.90 Å². The molecule has 0 fully saturated rings. The van der Waals surface area contributed by atoms with Gasteiger partial charge < -0.3 is 9.42 Å². The Labute approximate surface area is 151 Å². The van der Waals surface area contributed by atoms with Crippen LogP contribution in [0, 0.1) is 0 Å². The van der Waals surface area contributed by atoms with E-state index in [9.17, 15) is 4.57 Å². The van der Waals surface area contributed by atoms with Crippen LogP contribution in [0.25, 0.3) is 0 Å². The number of hydrogen-bond acceptors (Lipinski definition) is 3. The Morgan fingerprint density at radius 1 is 1.12 bits per heavy atom. The summed E-state index contributed by atoms with van der Waals surface area (Å²) in [6.07, 6.45) is 0. The van der Waals surface area contributed by atoms with E-state index in [1.165, 1.54) is 5.56 Å². The molecule has 3 nitrogen and oxygen atoms in total. The molecule has 0 N–H and O–H groups in total. The number of benzene rings is 2. The first kappa shape index (κ1) is 17.5. The number of nitrogens with zero attached hydrogens (tertiary/aromatic N) is 1. The van der Waals surface area contributed by atoms with E-state index in [1.54, 1.807) is 0 Å². The van der Waals surface area contributed by atoms with Gasteiger partial charge in [-0.05, 0) is 37.1 Å². The molecule has 1 heterocycles. The number of halogens is 1. The van der Waals surface area contributed by atoms with Crippen molar-refractivity contribution in [1.29, 1.82) is 0 Å². The fourth-order valence-corrected chi connectivity index (χ4v) is 6.05. The highest BCUT2D eigenvalue weighted by Gasteiger charge is 2.43. The molecule has 0 spiro atoms. The highest BCUT2D eigenvalue weighted by atomic mass is 79.9. The molecule has 1 aliphatic rings. The maximum absolute atomic E-state index is 13.5. The van der Waals surface area contributed by atoms with Crippen LogP contribution in [0.4, 0.5) is 0 Å². The second-order valence-corrected chi connectivity index (χ2v) is 9.08. The summed E-state index contributed by atoms with van der Waals surface area (Å²) >= 11 is 3.47. The van der Waals surface area contributed by atoms with Gasteiger partial charge in [-0.2, -0.15) is 0 Å². The average molecular weight is 406 g/mol. The lowest BCUT2D eigenvalue weighted by atomic mass is 10.1. The molecule has 3 rings (SSSR count). The molecule has 0 amide bonds. The van der Waals surface area contributed by atoms with Gasteiger partial charge in [-0.15, -0.1) is 0 Å². The number of allylic oxidation sites excluding steroid dienone is 1. The van der Waals surface area contributed by atoms with Crippen molar-refractivity contribution in [3.05, 3.63) is 81.7 Å². The van der Waals surface area contributed by atoms with E-state index in [1.807, 2.05) is 62.1 Å². The molecule has 1 aliphatic heterocycles. The van der Waals surface area contributed by atoms with Crippen LogP contribution in [-0.4, -0.2) is 11.5 Å². The minimum Gasteiger partial charge on any atom is -0.354 e. The molecule has 0 aliphatic carbocycles. The standard InChI is InChI=1S/C19H21BrNO2P/c1-3-23-24(22)14-15(2)21(13-16-7-5-4-6-8-16)19(24)17-9-11-18(20)12-10-17/h4-12,14,19H,3,13H2,1-2H3/t19-,24+/m0/s1. The molecule has 0 bridgehead atoms. The van der Waals surface area contributed by atoms with Gasteiger partial charge in [0.2, 0.25) is 0 Å². The minimum absolute atomic E-state index is 0.272. The van der Waals surface area contributed by atoms with Crippen LogP contribution in [0.15, 0.2) is 70.6 Å². The molecule has 0 radical (unpaired) electrons. The first-order chi connectivity index (χ1) is 11.5. The molecule has 0 saturated carbocycles. The largest absolute Gasteiger partial charge is 0.354 e. The zero-order chi connectivity index (χ0) is 17.2. The highest BCUT2D eigenvalue weighted by Crippen LogP contribution is 2.68. The summed E-state index contributed by atoms with van der Waals surface area (Å²) in [5, 5.41) is 0. The van der Waals surface area contributed by atoms with Gasteiger partial charge in [-0.1, -0.05) is 58.4 Å². The summed E-state index contributed by atoms with van der Waals surface area (Å²) in [4.78, 5) is 2.19. The van der Waals surface area contributed by atoms with Gasteiger partial charge in [0.25, 0.3) is 7.37 Å². The lowest BCUT2D eigenvalue weighted by Crippen LogP contribution is -2.23. The topological polar surface area (TPSA) is 29.5 Å². The maximum Gasteiger partial charge on any atom is 0.253 e. The van der Waals surface area contributed by atoms with Crippen molar-refractivity contribution >= 4 is 23.3 Å². The zero-order valence-corrected chi connectivity index (χ0v) is 16.3. The number of hydrogen-bond donors (Lipinski definition) is 0. The first-order valence-electron chi connectivity index (χ1n) is 8.03. The van der Waals surface area contributed by atoms with E-state index < -0.39 is 7.37 Å². The van der Waals surface area contributed by atoms with Crippen LogP contribution in [0.1, 0.15) is 30.8 Å². The van der Waals surface area contributed by atoms with Crippen molar-refractivity contribution in [3.8, 4) is 0 Å². The van der Waals surface area contributed by atoms with E-state index in [2.05, 4.69) is 33.0 Å². The Balaban J connectivity index is 2.00. The van der Waals surface area contributed by atoms with Gasteiger partial charge >= 0.3 is 0 Å². The van der Waals surface area contributed by atoms with Crippen molar-refractivity contribution in [3.63, 3.8) is 0 Å². The van der Waals surface area contributed by atoms with Crippen molar-refractivity contribution in [2.75, 3.05) is 6.61 Å². The zero-order valence-electron chi connectivity index (χ0n) is 13.9. The molecule has 126 valence electrons. The highest BCUT2D eigenvalue weighted by molar-refractivity contribution is 9.10. The molecule has 0 saturated heterocycles. The summed E-state index contributed by atoms with van der Waals surface area (Å²) < 4.78 is 20.2. The molecule has 24 heavy (non-hydrogen) atoms. The second kappa shape index (κ2) is 7.26. The fraction of sp³-hybridized carbons (Fsp3) is 0.263. The summed E-state index contributed by atoms with van der Waals surface area (Å²) in [6.45, 7) is 5.04. The Kier molecular flexibility index (Phi) is 5.29. The summed E-state index contributed by atoms with van der Waals surface area (Å²) in [5.74, 6) is 1.55. The van der Waals surface area contributed by atoms with Gasteiger partial charge in [0, 0.05) is 22.5 Å². The van der Waals surface area contributed by atoms with E-state index >= 15 is 0 Å². The molecular weight excluding hydrogens is 385 g/mol. The van der Waals surface area contributed by atoms with E-state index in [0.29, 0.717) is 13.2 Å². The Morgan fingerprint density at radius 3 is 2.42 bits per heavy atom. The Morgan fingerprint density at radius 2 is 1.79 bits per heavy atom. The quantitative estimate of drug-likeness (QED) is 0.559. The molecule has 0 aromatic heterocycles. The normalized spacial score (nSPS) is 23.4. The van der Waals surface area contributed by atoms with Crippen LogP contribution in [0.2, 0.25) is 0 Å². The maximum atomic E-state index is 13.5. The Hall–Kier alpha value is -1.35. The van der Waals surface area contributed by atoms with Gasteiger partial charge in [-0.3, -0.25) is 4.57 Å². The van der Waals surface area contributed by atoms with Gasteiger partial charge in [-0.25, -0.2) is 0 Å². The molecule has 2 atom stereocenters. The van der Waals surface area contributed by atoms with Gasteiger partial charge in [0.1, 0.15) is 5.78 Å². The van der Waals surface area contributed by atoms with Crippen molar-refractivity contribution in [2.24, 2.45) is 0 Å². The predicted molar refractivity (Wildman–Crippen MR) is 102 cm³/mol.